The topological polar surface area (TPSA) is 132 Å². The first-order chi connectivity index (χ1) is 7.74. The van der Waals surface area contributed by atoms with Crippen LogP contribution >= 0.6 is 0 Å². The average Bonchev–Trinajstić information content (AvgIpc) is 2.71. The molecule has 16 heavy (non-hydrogen) atoms. The van der Waals surface area contributed by atoms with E-state index in [9.17, 15) is 4.79 Å². The number of aliphatic hydroxyl groups is 3. The Morgan fingerprint density at radius 1 is 1.00 bits per heavy atom. The number of ether oxygens (including phenoxy) is 2. The second-order valence-corrected chi connectivity index (χ2v) is 2.47. The molecule has 0 spiro atoms. The maximum absolute atomic E-state index is 9.80. The fourth-order valence-corrected chi connectivity index (χ4v) is 0.782. The second kappa shape index (κ2) is 10.5. The molecule has 1 aliphatic rings. The average molecular weight is 239 g/mol. The zero-order valence-corrected chi connectivity index (χ0v) is 8.68. The summed E-state index contributed by atoms with van der Waals surface area (Å²) in [5.41, 5.74) is 0. The van der Waals surface area contributed by atoms with Crippen molar-refractivity contribution in [2.75, 3.05) is 33.4 Å². The fraction of sp³-hybridized carbons (Fsp3) is 0.857. The summed E-state index contributed by atoms with van der Waals surface area (Å²) in [5.74, 6) is 0. The van der Waals surface area contributed by atoms with E-state index in [1.165, 1.54) is 0 Å². The Morgan fingerprint density at radius 3 is 1.56 bits per heavy atom. The van der Waals surface area contributed by atoms with E-state index in [0.717, 1.165) is 0 Å². The lowest BCUT2D eigenvalue weighted by Crippen LogP contribution is -2.53. The molecular formula is C7H17N3O6. The highest BCUT2D eigenvalue weighted by molar-refractivity contribution is 5.61. The maximum atomic E-state index is 9.80. The Morgan fingerprint density at radius 2 is 1.38 bits per heavy atom. The highest BCUT2D eigenvalue weighted by Gasteiger charge is 2.09. The van der Waals surface area contributed by atoms with Crippen LogP contribution in [0.4, 0.5) is 4.79 Å². The SMILES string of the molecule is O=C1OCCO1.OCNC(NCO)NCO. The zero-order valence-electron chi connectivity index (χ0n) is 8.68. The molecule has 1 fully saturated rings. The first-order valence-electron chi connectivity index (χ1n) is 4.57. The summed E-state index contributed by atoms with van der Waals surface area (Å²) in [6.07, 6.45) is -1.02. The quantitative estimate of drug-likeness (QED) is 0.212. The molecule has 0 amide bonds. The van der Waals surface area contributed by atoms with Gasteiger partial charge in [0.15, 0.2) is 0 Å². The monoisotopic (exact) mass is 239 g/mol. The number of hydrogen-bond acceptors (Lipinski definition) is 9. The standard InChI is InChI=1S/C4H13N3O3.C3H4O3/c8-1-5-4(6-2-9)7-3-10;4-3-5-1-2-6-3/h4-10H,1-3H2;1-2H2. The molecule has 0 aromatic rings. The van der Waals surface area contributed by atoms with Crippen molar-refractivity contribution in [2.45, 2.75) is 6.29 Å². The van der Waals surface area contributed by atoms with E-state index in [2.05, 4.69) is 25.4 Å². The van der Waals surface area contributed by atoms with Crippen LogP contribution in [-0.2, 0) is 9.47 Å². The molecule has 1 heterocycles. The minimum absolute atomic E-state index is 0.231. The lowest BCUT2D eigenvalue weighted by molar-refractivity contribution is 0.131. The Kier molecular flexibility index (Phi) is 9.91. The molecule has 0 radical (unpaired) electrons. The van der Waals surface area contributed by atoms with Gasteiger partial charge < -0.3 is 24.8 Å². The van der Waals surface area contributed by atoms with Gasteiger partial charge in [-0.05, 0) is 0 Å². The number of rotatable bonds is 6. The van der Waals surface area contributed by atoms with Crippen molar-refractivity contribution in [1.82, 2.24) is 16.0 Å². The Labute approximate surface area is 92.3 Å². The summed E-state index contributed by atoms with van der Waals surface area (Å²) in [7, 11) is 0. The molecule has 0 aromatic carbocycles. The second-order valence-electron chi connectivity index (χ2n) is 2.47. The maximum Gasteiger partial charge on any atom is 0.508 e. The van der Waals surface area contributed by atoms with E-state index in [4.69, 9.17) is 15.3 Å². The number of carbonyl (C=O) groups is 1. The van der Waals surface area contributed by atoms with E-state index >= 15 is 0 Å². The van der Waals surface area contributed by atoms with Crippen LogP contribution < -0.4 is 16.0 Å². The van der Waals surface area contributed by atoms with Gasteiger partial charge in [0.1, 0.15) is 19.5 Å². The molecule has 0 aliphatic carbocycles. The minimum Gasteiger partial charge on any atom is -0.431 e. The van der Waals surface area contributed by atoms with Crippen LogP contribution in [-0.4, -0.2) is 61.2 Å². The van der Waals surface area contributed by atoms with Crippen LogP contribution in [0.15, 0.2) is 0 Å². The van der Waals surface area contributed by atoms with Crippen molar-refractivity contribution in [3.8, 4) is 0 Å². The molecule has 9 nitrogen and oxygen atoms in total. The lowest BCUT2D eigenvalue weighted by atomic mass is 10.7. The van der Waals surface area contributed by atoms with E-state index in [1.54, 1.807) is 0 Å². The highest BCUT2D eigenvalue weighted by atomic mass is 16.8. The van der Waals surface area contributed by atoms with Crippen LogP contribution in [0.2, 0.25) is 0 Å². The lowest BCUT2D eigenvalue weighted by Gasteiger charge is -2.17. The first kappa shape index (κ1) is 15.0. The Hall–Kier alpha value is -0.970. The van der Waals surface area contributed by atoms with Crippen molar-refractivity contribution >= 4 is 6.16 Å². The molecule has 1 saturated heterocycles. The molecule has 1 aliphatic heterocycles. The Bertz CT molecular complexity index is 159. The van der Waals surface area contributed by atoms with Crippen molar-refractivity contribution in [2.24, 2.45) is 0 Å². The van der Waals surface area contributed by atoms with Gasteiger partial charge in [0, 0.05) is 0 Å². The van der Waals surface area contributed by atoms with E-state index in [-0.39, 0.29) is 20.2 Å². The third-order valence-electron chi connectivity index (χ3n) is 1.41. The summed E-state index contributed by atoms with van der Waals surface area (Å²) in [5, 5.41) is 32.5. The summed E-state index contributed by atoms with van der Waals surface area (Å²) >= 11 is 0. The molecule has 0 unspecified atom stereocenters. The highest BCUT2D eigenvalue weighted by Crippen LogP contribution is 1.92. The molecule has 0 bridgehead atoms. The largest absolute Gasteiger partial charge is 0.508 e. The van der Waals surface area contributed by atoms with Gasteiger partial charge in [-0.15, -0.1) is 0 Å². The molecular weight excluding hydrogens is 222 g/mol. The van der Waals surface area contributed by atoms with Crippen molar-refractivity contribution < 1.29 is 29.6 Å². The smallest absolute Gasteiger partial charge is 0.431 e. The van der Waals surface area contributed by atoms with Gasteiger partial charge >= 0.3 is 6.16 Å². The molecule has 96 valence electrons. The zero-order chi connectivity index (χ0) is 12.2. The van der Waals surface area contributed by atoms with E-state index in [0.29, 0.717) is 13.2 Å². The number of hydrogen-bond donors (Lipinski definition) is 6. The van der Waals surface area contributed by atoms with Gasteiger partial charge in [-0.2, -0.15) is 0 Å². The van der Waals surface area contributed by atoms with Gasteiger partial charge in [-0.1, -0.05) is 0 Å². The summed E-state index contributed by atoms with van der Waals surface area (Å²) in [4.78, 5) is 9.80. The third-order valence-corrected chi connectivity index (χ3v) is 1.41. The third kappa shape index (κ3) is 8.35. The number of carbonyl (C=O) groups excluding carboxylic acids is 1. The molecule has 0 aromatic heterocycles. The number of nitrogens with one attached hydrogen (secondary N) is 3. The fourth-order valence-electron chi connectivity index (χ4n) is 0.782. The molecule has 0 atom stereocenters. The van der Waals surface area contributed by atoms with Crippen molar-refractivity contribution in [3.05, 3.63) is 0 Å². The predicted molar refractivity (Wildman–Crippen MR) is 51.8 cm³/mol. The van der Waals surface area contributed by atoms with E-state index in [1.807, 2.05) is 0 Å². The molecule has 0 saturated carbocycles. The molecule has 6 N–H and O–H groups in total. The van der Waals surface area contributed by atoms with Crippen molar-refractivity contribution in [1.29, 1.82) is 0 Å². The van der Waals surface area contributed by atoms with Gasteiger partial charge in [-0.25, -0.2) is 4.79 Å². The van der Waals surface area contributed by atoms with Crippen LogP contribution in [0, 0.1) is 0 Å². The van der Waals surface area contributed by atoms with Gasteiger partial charge in [0.25, 0.3) is 0 Å². The summed E-state index contributed by atoms with van der Waals surface area (Å²) < 4.78 is 8.58. The van der Waals surface area contributed by atoms with Gasteiger partial charge in [0.05, 0.1) is 20.2 Å². The van der Waals surface area contributed by atoms with Crippen LogP contribution in [0.1, 0.15) is 0 Å². The summed E-state index contributed by atoms with van der Waals surface area (Å²) in [6, 6.07) is 0. The van der Waals surface area contributed by atoms with Gasteiger partial charge in [0.2, 0.25) is 0 Å². The predicted octanol–water partition coefficient (Wildman–Crippen LogP) is -2.96. The molecule has 9 heteroatoms. The van der Waals surface area contributed by atoms with Crippen LogP contribution in [0.5, 0.6) is 0 Å². The van der Waals surface area contributed by atoms with Crippen LogP contribution in [0.3, 0.4) is 0 Å². The number of aliphatic hydroxyl groups excluding tert-OH is 3. The van der Waals surface area contributed by atoms with E-state index < -0.39 is 12.4 Å². The minimum atomic E-state index is -0.546. The normalized spacial score (nSPS) is 14.1. The first-order valence-corrected chi connectivity index (χ1v) is 4.57. The molecule has 1 rings (SSSR count). The number of cyclic esters (lactones) is 2. The van der Waals surface area contributed by atoms with Crippen LogP contribution in [0.25, 0.3) is 0 Å². The Balaban J connectivity index is 0.000000315. The van der Waals surface area contributed by atoms with Gasteiger partial charge in [-0.3, -0.25) is 16.0 Å². The summed E-state index contributed by atoms with van der Waals surface area (Å²) in [6.45, 7) is 0.137. The van der Waals surface area contributed by atoms with Crippen molar-refractivity contribution in [3.63, 3.8) is 0 Å².